The Bertz CT molecular complexity index is 714. The summed E-state index contributed by atoms with van der Waals surface area (Å²) in [4.78, 5) is 27.5. The first-order valence-electron chi connectivity index (χ1n) is 8.11. The van der Waals surface area contributed by atoms with Crippen LogP contribution in [0, 0.1) is 0 Å². The lowest BCUT2D eigenvalue weighted by Gasteiger charge is -2.33. The predicted octanol–water partition coefficient (Wildman–Crippen LogP) is 3.41. The van der Waals surface area contributed by atoms with E-state index in [1.807, 2.05) is 35.2 Å². The molecule has 1 atom stereocenters. The maximum atomic E-state index is 12.4. The molecular formula is C18H21N3O2S. The summed E-state index contributed by atoms with van der Waals surface area (Å²) in [6, 6.07) is 11.2. The summed E-state index contributed by atoms with van der Waals surface area (Å²) in [6.45, 7) is 3.15. The molecule has 1 aliphatic rings. The minimum atomic E-state index is -0.291. The largest absolute Gasteiger partial charge is 0.337 e. The standard InChI is InChI=1S/C18H21N3O2S/c1-13-15-9-12-24-16(15)8-11-21(13)17(22)7-10-19-18(23)20-14-5-3-2-4-6-14/h2-6,9,12-13H,7-8,10-11H2,1H3,(H2,19,20,23)/t13-/m1/s1. The maximum absolute atomic E-state index is 12.4. The molecular weight excluding hydrogens is 322 g/mol. The molecule has 2 N–H and O–H groups in total. The van der Waals surface area contributed by atoms with Gasteiger partial charge in [-0.25, -0.2) is 4.79 Å². The van der Waals surface area contributed by atoms with Crippen LogP contribution in [0.25, 0.3) is 0 Å². The van der Waals surface area contributed by atoms with Crippen molar-refractivity contribution < 1.29 is 9.59 Å². The lowest BCUT2D eigenvalue weighted by molar-refractivity contribution is -0.133. The van der Waals surface area contributed by atoms with Crippen LogP contribution in [-0.4, -0.2) is 29.9 Å². The molecule has 126 valence electrons. The van der Waals surface area contributed by atoms with Gasteiger partial charge in [-0.3, -0.25) is 4.79 Å². The van der Waals surface area contributed by atoms with E-state index >= 15 is 0 Å². The summed E-state index contributed by atoms with van der Waals surface area (Å²) in [5, 5.41) is 7.56. The van der Waals surface area contributed by atoms with Crippen molar-refractivity contribution in [3.8, 4) is 0 Å². The van der Waals surface area contributed by atoms with Gasteiger partial charge in [-0.2, -0.15) is 0 Å². The molecule has 6 heteroatoms. The second-order valence-corrected chi connectivity index (χ2v) is 6.81. The molecule has 1 aliphatic heterocycles. The Hall–Kier alpha value is -2.34. The Kier molecular flexibility index (Phi) is 5.15. The quantitative estimate of drug-likeness (QED) is 0.894. The number of para-hydroxylation sites is 1. The van der Waals surface area contributed by atoms with E-state index in [1.165, 1.54) is 10.4 Å². The van der Waals surface area contributed by atoms with Gasteiger partial charge in [0.05, 0.1) is 6.04 Å². The number of nitrogens with zero attached hydrogens (tertiary/aromatic N) is 1. The van der Waals surface area contributed by atoms with E-state index in [-0.39, 0.29) is 18.0 Å². The number of carbonyl (C=O) groups is 2. The number of benzene rings is 1. The third kappa shape index (κ3) is 3.76. The van der Waals surface area contributed by atoms with Crippen molar-refractivity contribution in [3.05, 3.63) is 52.2 Å². The molecule has 0 spiro atoms. The second kappa shape index (κ2) is 7.49. The van der Waals surface area contributed by atoms with Gasteiger partial charge in [0.15, 0.2) is 0 Å². The molecule has 0 unspecified atom stereocenters. The fourth-order valence-electron chi connectivity index (χ4n) is 2.97. The number of amides is 3. The predicted molar refractivity (Wildman–Crippen MR) is 96.2 cm³/mol. The summed E-state index contributed by atoms with van der Waals surface area (Å²) in [5.41, 5.74) is 1.99. The summed E-state index contributed by atoms with van der Waals surface area (Å²) in [6.07, 6.45) is 1.23. The average Bonchev–Trinajstić information content (AvgIpc) is 3.05. The topological polar surface area (TPSA) is 61.4 Å². The molecule has 0 aliphatic carbocycles. The van der Waals surface area contributed by atoms with Crippen molar-refractivity contribution in [1.82, 2.24) is 10.2 Å². The first-order valence-corrected chi connectivity index (χ1v) is 8.99. The van der Waals surface area contributed by atoms with Crippen LogP contribution in [0.15, 0.2) is 41.8 Å². The molecule has 2 aromatic rings. The van der Waals surface area contributed by atoms with Gasteiger partial charge in [-0.1, -0.05) is 18.2 Å². The first-order chi connectivity index (χ1) is 11.6. The van der Waals surface area contributed by atoms with Crippen molar-refractivity contribution >= 4 is 29.0 Å². The maximum Gasteiger partial charge on any atom is 0.319 e. The molecule has 2 heterocycles. The molecule has 0 bridgehead atoms. The fourth-order valence-corrected chi connectivity index (χ4v) is 3.94. The zero-order valence-electron chi connectivity index (χ0n) is 13.6. The second-order valence-electron chi connectivity index (χ2n) is 5.81. The van der Waals surface area contributed by atoms with Gasteiger partial charge < -0.3 is 15.5 Å². The molecule has 3 amide bonds. The lowest BCUT2D eigenvalue weighted by atomic mass is 10.0. The molecule has 0 saturated heterocycles. The van der Waals surface area contributed by atoms with Crippen LogP contribution in [0.2, 0.25) is 0 Å². The van der Waals surface area contributed by atoms with Crippen LogP contribution in [0.1, 0.15) is 29.8 Å². The Morgan fingerprint density at radius 3 is 2.83 bits per heavy atom. The van der Waals surface area contributed by atoms with Crippen molar-refractivity contribution in [2.24, 2.45) is 0 Å². The number of fused-ring (bicyclic) bond motifs is 1. The van der Waals surface area contributed by atoms with Crippen LogP contribution < -0.4 is 10.6 Å². The van der Waals surface area contributed by atoms with E-state index in [1.54, 1.807) is 11.3 Å². The highest BCUT2D eigenvalue weighted by Gasteiger charge is 2.27. The zero-order valence-corrected chi connectivity index (χ0v) is 14.4. The van der Waals surface area contributed by atoms with E-state index < -0.39 is 0 Å². The van der Waals surface area contributed by atoms with E-state index in [0.29, 0.717) is 13.0 Å². The summed E-state index contributed by atoms with van der Waals surface area (Å²) in [7, 11) is 0. The smallest absolute Gasteiger partial charge is 0.319 e. The van der Waals surface area contributed by atoms with Gasteiger partial charge in [0, 0.05) is 30.1 Å². The molecule has 3 rings (SSSR count). The number of anilines is 1. The van der Waals surface area contributed by atoms with Crippen molar-refractivity contribution in [2.45, 2.75) is 25.8 Å². The Morgan fingerprint density at radius 2 is 2.04 bits per heavy atom. The number of rotatable bonds is 4. The van der Waals surface area contributed by atoms with E-state index in [4.69, 9.17) is 0 Å². The van der Waals surface area contributed by atoms with Crippen LogP contribution >= 0.6 is 11.3 Å². The SMILES string of the molecule is C[C@@H]1c2ccsc2CCN1C(=O)CCNC(=O)Nc1ccccc1. The minimum Gasteiger partial charge on any atom is -0.337 e. The monoisotopic (exact) mass is 343 g/mol. The molecule has 1 aromatic heterocycles. The number of thiophene rings is 1. The van der Waals surface area contributed by atoms with E-state index in [0.717, 1.165) is 18.7 Å². The van der Waals surface area contributed by atoms with Crippen molar-refractivity contribution in [1.29, 1.82) is 0 Å². The highest BCUT2D eigenvalue weighted by molar-refractivity contribution is 7.10. The number of nitrogens with one attached hydrogen (secondary N) is 2. The number of urea groups is 1. The molecule has 24 heavy (non-hydrogen) atoms. The molecule has 0 saturated carbocycles. The normalized spacial score (nSPS) is 16.4. The average molecular weight is 343 g/mol. The minimum absolute atomic E-state index is 0.0827. The van der Waals surface area contributed by atoms with E-state index in [9.17, 15) is 9.59 Å². The van der Waals surface area contributed by atoms with Crippen LogP contribution in [0.5, 0.6) is 0 Å². The number of carbonyl (C=O) groups excluding carboxylic acids is 2. The molecule has 1 aromatic carbocycles. The van der Waals surface area contributed by atoms with Crippen LogP contribution in [0.4, 0.5) is 10.5 Å². The highest BCUT2D eigenvalue weighted by Crippen LogP contribution is 2.32. The third-order valence-corrected chi connectivity index (χ3v) is 5.25. The van der Waals surface area contributed by atoms with Gasteiger partial charge in [0.2, 0.25) is 5.91 Å². The van der Waals surface area contributed by atoms with E-state index in [2.05, 4.69) is 29.0 Å². The highest BCUT2D eigenvalue weighted by atomic mass is 32.1. The molecule has 0 fully saturated rings. The number of hydrogen-bond donors (Lipinski definition) is 2. The first kappa shape index (κ1) is 16.5. The Balaban J connectivity index is 1.45. The van der Waals surface area contributed by atoms with Gasteiger partial charge in [0.1, 0.15) is 0 Å². The Morgan fingerprint density at radius 1 is 1.25 bits per heavy atom. The Labute approximate surface area is 145 Å². The fraction of sp³-hybridized carbons (Fsp3) is 0.333. The zero-order chi connectivity index (χ0) is 16.9. The summed E-state index contributed by atoms with van der Waals surface area (Å²) in [5.74, 6) is 0.0827. The molecule has 0 radical (unpaired) electrons. The van der Waals surface area contributed by atoms with Crippen LogP contribution in [0.3, 0.4) is 0 Å². The van der Waals surface area contributed by atoms with Gasteiger partial charge >= 0.3 is 6.03 Å². The summed E-state index contributed by atoms with van der Waals surface area (Å²) >= 11 is 1.76. The van der Waals surface area contributed by atoms with Crippen molar-refractivity contribution in [2.75, 3.05) is 18.4 Å². The van der Waals surface area contributed by atoms with Crippen LogP contribution in [-0.2, 0) is 11.2 Å². The molecule has 5 nitrogen and oxygen atoms in total. The van der Waals surface area contributed by atoms with Crippen molar-refractivity contribution in [3.63, 3.8) is 0 Å². The van der Waals surface area contributed by atoms with Gasteiger partial charge in [-0.05, 0) is 42.5 Å². The number of hydrogen-bond acceptors (Lipinski definition) is 3. The summed E-state index contributed by atoms with van der Waals surface area (Å²) < 4.78 is 0. The lowest BCUT2D eigenvalue weighted by Crippen LogP contribution is -2.40. The van der Waals surface area contributed by atoms with Gasteiger partial charge in [0.25, 0.3) is 0 Å². The van der Waals surface area contributed by atoms with Gasteiger partial charge in [-0.15, -0.1) is 11.3 Å². The third-order valence-electron chi connectivity index (χ3n) is 4.25.